The number of anilines is 1. The third-order valence-corrected chi connectivity index (χ3v) is 2.70. The molecule has 0 spiro atoms. The van der Waals surface area contributed by atoms with Crippen molar-refractivity contribution in [3.8, 4) is 11.5 Å². The minimum atomic E-state index is -0.378. The highest BCUT2D eigenvalue weighted by molar-refractivity contribution is 6.32. The van der Waals surface area contributed by atoms with E-state index in [1.807, 2.05) is 0 Å². The molecule has 0 saturated carbocycles. The quantitative estimate of drug-likeness (QED) is 0.637. The number of hydrogen-bond acceptors (Lipinski definition) is 7. The van der Waals surface area contributed by atoms with Crippen molar-refractivity contribution >= 4 is 23.8 Å². The lowest BCUT2D eigenvalue weighted by Crippen LogP contribution is -2.10. The van der Waals surface area contributed by atoms with Crippen molar-refractivity contribution in [1.82, 2.24) is 15.2 Å². The second-order valence-corrected chi connectivity index (χ2v) is 4.20. The molecule has 0 aliphatic rings. The molecule has 110 valence electrons. The van der Waals surface area contributed by atoms with Crippen molar-refractivity contribution in [2.45, 2.75) is 0 Å². The highest BCUT2D eigenvalue weighted by Gasteiger charge is 2.09. The molecule has 0 saturated heterocycles. The Hall–Kier alpha value is -2.61. The van der Waals surface area contributed by atoms with Crippen LogP contribution in [0.4, 0.5) is 5.95 Å². The number of hydrazone groups is 1. The van der Waals surface area contributed by atoms with Crippen LogP contribution in [0.2, 0.25) is 5.02 Å². The number of aromatic amines is 1. The van der Waals surface area contributed by atoms with Gasteiger partial charge in [0.25, 0.3) is 5.56 Å². The molecule has 0 amide bonds. The molecule has 0 radical (unpaired) electrons. The van der Waals surface area contributed by atoms with Gasteiger partial charge in [-0.15, -0.1) is 10.2 Å². The summed E-state index contributed by atoms with van der Waals surface area (Å²) in [6, 6.07) is 3.36. The third kappa shape index (κ3) is 3.69. The Morgan fingerprint density at radius 1 is 1.38 bits per heavy atom. The standard InChI is InChI=1S/C12H12ClN5O3/c1-20-9-4-7(3-8(13)11(9)21-2)5-14-17-12-16-10(19)6-15-18-12/h3-6H,1-2H3,(H2,16,17,18,19)/b14-5+. The average Bonchev–Trinajstić information content (AvgIpc) is 2.46. The summed E-state index contributed by atoms with van der Waals surface area (Å²) < 4.78 is 10.3. The van der Waals surface area contributed by atoms with Gasteiger partial charge < -0.3 is 9.47 Å². The monoisotopic (exact) mass is 309 g/mol. The van der Waals surface area contributed by atoms with Gasteiger partial charge in [0.15, 0.2) is 11.5 Å². The number of rotatable bonds is 5. The van der Waals surface area contributed by atoms with E-state index >= 15 is 0 Å². The van der Waals surface area contributed by atoms with E-state index in [-0.39, 0.29) is 11.5 Å². The van der Waals surface area contributed by atoms with Gasteiger partial charge in [0.2, 0.25) is 5.95 Å². The number of hydrogen-bond donors (Lipinski definition) is 2. The summed E-state index contributed by atoms with van der Waals surface area (Å²) in [6.07, 6.45) is 2.55. The number of nitrogens with one attached hydrogen (secondary N) is 2. The first-order valence-corrected chi connectivity index (χ1v) is 6.14. The highest BCUT2D eigenvalue weighted by Crippen LogP contribution is 2.35. The number of ether oxygens (including phenoxy) is 2. The molecule has 0 aliphatic carbocycles. The Balaban J connectivity index is 2.17. The molecular formula is C12H12ClN5O3. The molecule has 8 nitrogen and oxygen atoms in total. The van der Waals surface area contributed by atoms with Gasteiger partial charge in [-0.05, 0) is 17.7 Å². The van der Waals surface area contributed by atoms with Crippen molar-refractivity contribution in [2.24, 2.45) is 5.10 Å². The number of methoxy groups -OCH3 is 2. The summed E-state index contributed by atoms with van der Waals surface area (Å²) >= 11 is 6.07. The Labute approximate surface area is 124 Å². The minimum Gasteiger partial charge on any atom is -0.493 e. The van der Waals surface area contributed by atoms with Crippen LogP contribution in [0, 0.1) is 0 Å². The third-order valence-electron chi connectivity index (χ3n) is 2.41. The molecule has 21 heavy (non-hydrogen) atoms. The van der Waals surface area contributed by atoms with Crippen LogP contribution in [0.5, 0.6) is 11.5 Å². The van der Waals surface area contributed by atoms with Crippen molar-refractivity contribution in [2.75, 3.05) is 19.6 Å². The summed E-state index contributed by atoms with van der Waals surface area (Å²) in [5, 5.41) is 11.5. The first-order valence-electron chi connectivity index (χ1n) is 5.76. The summed E-state index contributed by atoms with van der Waals surface area (Å²) in [4.78, 5) is 13.4. The highest BCUT2D eigenvalue weighted by atomic mass is 35.5. The number of nitrogens with zero attached hydrogens (tertiary/aromatic N) is 3. The molecule has 0 unspecified atom stereocenters. The molecular weight excluding hydrogens is 298 g/mol. The van der Waals surface area contributed by atoms with E-state index in [2.05, 4.69) is 25.7 Å². The van der Waals surface area contributed by atoms with Crippen molar-refractivity contribution in [1.29, 1.82) is 0 Å². The number of halogens is 1. The SMILES string of the molecule is COc1cc(/C=N/Nc2nncc(=O)[nH]2)cc(Cl)c1OC. The van der Waals surface area contributed by atoms with Gasteiger partial charge in [-0.25, -0.2) is 5.43 Å². The maximum atomic E-state index is 11.0. The molecule has 1 heterocycles. The largest absolute Gasteiger partial charge is 0.493 e. The van der Waals surface area contributed by atoms with E-state index < -0.39 is 0 Å². The molecule has 0 fully saturated rings. The van der Waals surface area contributed by atoms with Crippen LogP contribution >= 0.6 is 11.6 Å². The number of H-pyrrole nitrogens is 1. The van der Waals surface area contributed by atoms with Gasteiger partial charge in [-0.3, -0.25) is 9.78 Å². The molecule has 0 atom stereocenters. The van der Waals surface area contributed by atoms with Crippen LogP contribution in [0.15, 0.2) is 28.2 Å². The van der Waals surface area contributed by atoms with E-state index in [9.17, 15) is 4.79 Å². The zero-order chi connectivity index (χ0) is 15.2. The predicted octanol–water partition coefficient (Wildman–Crippen LogP) is 1.28. The predicted molar refractivity (Wildman–Crippen MR) is 78.4 cm³/mol. The van der Waals surface area contributed by atoms with E-state index in [4.69, 9.17) is 21.1 Å². The molecule has 1 aromatic carbocycles. The zero-order valence-corrected chi connectivity index (χ0v) is 12.0. The molecule has 0 bridgehead atoms. The first-order chi connectivity index (χ1) is 10.1. The molecule has 9 heteroatoms. The van der Waals surface area contributed by atoms with Crippen LogP contribution in [0.1, 0.15) is 5.56 Å². The normalized spacial score (nSPS) is 10.6. The second-order valence-electron chi connectivity index (χ2n) is 3.79. The molecule has 1 aromatic heterocycles. The number of aromatic nitrogens is 3. The van der Waals surface area contributed by atoms with Gasteiger partial charge in [-0.1, -0.05) is 11.6 Å². The zero-order valence-electron chi connectivity index (χ0n) is 11.3. The van der Waals surface area contributed by atoms with Gasteiger partial charge >= 0.3 is 0 Å². The Morgan fingerprint density at radius 2 is 2.19 bits per heavy atom. The lowest BCUT2D eigenvalue weighted by Gasteiger charge is -2.09. The molecule has 2 N–H and O–H groups in total. The van der Waals surface area contributed by atoms with E-state index in [0.29, 0.717) is 22.1 Å². The molecule has 0 aliphatic heterocycles. The summed E-state index contributed by atoms with van der Waals surface area (Å²) in [5.74, 6) is 1.06. The number of benzene rings is 1. The van der Waals surface area contributed by atoms with E-state index in [0.717, 1.165) is 6.20 Å². The lowest BCUT2D eigenvalue weighted by atomic mass is 10.2. The van der Waals surface area contributed by atoms with Crippen LogP contribution in [0.3, 0.4) is 0 Å². The Morgan fingerprint density at radius 3 is 2.86 bits per heavy atom. The minimum absolute atomic E-state index is 0.130. The van der Waals surface area contributed by atoms with Crippen LogP contribution in [-0.4, -0.2) is 35.6 Å². The van der Waals surface area contributed by atoms with Crippen molar-refractivity contribution in [3.05, 3.63) is 39.3 Å². The van der Waals surface area contributed by atoms with Crippen molar-refractivity contribution in [3.63, 3.8) is 0 Å². The molecule has 2 rings (SSSR count). The fourth-order valence-electron chi connectivity index (χ4n) is 1.54. The van der Waals surface area contributed by atoms with Gasteiger partial charge in [0.1, 0.15) is 6.20 Å². The van der Waals surface area contributed by atoms with Crippen LogP contribution in [0.25, 0.3) is 0 Å². The fraction of sp³-hybridized carbons (Fsp3) is 0.167. The van der Waals surface area contributed by atoms with Gasteiger partial charge in [0.05, 0.1) is 25.5 Å². The summed E-state index contributed by atoms with van der Waals surface area (Å²) in [5.41, 5.74) is 2.84. The van der Waals surface area contributed by atoms with E-state index in [1.165, 1.54) is 20.4 Å². The van der Waals surface area contributed by atoms with Gasteiger partial charge in [-0.2, -0.15) is 5.10 Å². The molecule has 2 aromatic rings. The summed E-state index contributed by atoms with van der Waals surface area (Å²) in [7, 11) is 3.01. The summed E-state index contributed by atoms with van der Waals surface area (Å²) in [6.45, 7) is 0. The average molecular weight is 310 g/mol. The Kier molecular flexibility index (Phi) is 4.72. The van der Waals surface area contributed by atoms with E-state index in [1.54, 1.807) is 12.1 Å². The second kappa shape index (κ2) is 6.71. The van der Waals surface area contributed by atoms with Crippen LogP contribution < -0.4 is 20.5 Å². The van der Waals surface area contributed by atoms with Gasteiger partial charge in [0, 0.05) is 0 Å². The maximum absolute atomic E-state index is 11.0. The smallest absolute Gasteiger partial charge is 0.271 e. The maximum Gasteiger partial charge on any atom is 0.271 e. The lowest BCUT2D eigenvalue weighted by molar-refractivity contribution is 0.355. The first kappa shape index (κ1) is 14.8. The fourth-order valence-corrected chi connectivity index (χ4v) is 1.84. The van der Waals surface area contributed by atoms with Crippen LogP contribution in [-0.2, 0) is 0 Å². The topological polar surface area (TPSA) is 101 Å². The van der Waals surface area contributed by atoms with Crippen molar-refractivity contribution < 1.29 is 9.47 Å². The Bertz CT molecular complexity index is 716.